The average molecular weight is 1110 g/mol. The second-order valence-electron chi connectivity index (χ2n) is 21.0. The molecule has 7 aromatic carbocycles. The van der Waals surface area contributed by atoms with Crippen LogP contribution in [0, 0.1) is 24.7 Å². The minimum absolute atomic E-state index is 0. The van der Waals surface area contributed by atoms with Crippen LogP contribution in [-0.2, 0) is 38.3 Å². The van der Waals surface area contributed by atoms with Crippen molar-refractivity contribution in [3.8, 4) is 33.8 Å². The zero-order valence-electron chi connectivity index (χ0n) is 46.1. The summed E-state index contributed by atoms with van der Waals surface area (Å²) in [5.74, 6) is 2.40. The number of pyridine rings is 1. The summed E-state index contributed by atoms with van der Waals surface area (Å²) < 4.78 is 51.2. The number of hydrogen-bond donors (Lipinski definition) is 0. The summed E-state index contributed by atoms with van der Waals surface area (Å²) in [6, 6.07) is 49.3. The van der Waals surface area contributed by atoms with Gasteiger partial charge >= 0.3 is 0 Å². The zero-order chi connectivity index (χ0) is 51.9. The molecule has 2 aliphatic heterocycles. The molecule has 10 rings (SSSR count). The summed E-state index contributed by atoms with van der Waals surface area (Å²) in [5, 5.41) is 2.59. The summed E-state index contributed by atoms with van der Waals surface area (Å²) in [7, 11) is -2.17. The maximum atomic E-state index is 9.23. The van der Waals surface area contributed by atoms with Crippen LogP contribution in [0.5, 0.6) is 11.5 Å². The molecule has 69 heavy (non-hydrogen) atoms. The Hall–Kier alpha value is -6.20. The van der Waals surface area contributed by atoms with Gasteiger partial charge in [-0.1, -0.05) is 171 Å². The zero-order valence-corrected chi connectivity index (χ0v) is 44.3. The van der Waals surface area contributed by atoms with Crippen LogP contribution in [0.3, 0.4) is 0 Å². The third-order valence-corrected chi connectivity index (χ3v) is 16.7. The van der Waals surface area contributed by atoms with E-state index < -0.39 is 14.1 Å². The van der Waals surface area contributed by atoms with E-state index in [4.69, 9.17) is 13.8 Å². The molecule has 352 valence electrons. The van der Waals surface area contributed by atoms with E-state index in [9.17, 15) is 2.74 Å². The van der Waals surface area contributed by atoms with Gasteiger partial charge in [0.15, 0.2) is 0 Å². The summed E-state index contributed by atoms with van der Waals surface area (Å²) >= 11 is 0. The van der Waals surface area contributed by atoms with Gasteiger partial charge < -0.3 is 19.4 Å². The molecule has 1 aromatic heterocycles. The van der Waals surface area contributed by atoms with Gasteiger partial charge in [0.1, 0.15) is 5.82 Å². The van der Waals surface area contributed by atoms with Crippen molar-refractivity contribution in [2.45, 2.75) is 85.7 Å². The Morgan fingerprint density at radius 2 is 1.28 bits per heavy atom. The predicted octanol–water partition coefficient (Wildman–Crippen LogP) is 15.6. The molecule has 3 heterocycles. The van der Waals surface area contributed by atoms with Crippen LogP contribution in [0.4, 0.5) is 39.9 Å². The van der Waals surface area contributed by atoms with Crippen molar-refractivity contribution in [2.24, 2.45) is 5.92 Å². The molecule has 0 spiro atoms. The molecular weight excluding hydrogens is 1040 g/mol. The van der Waals surface area contributed by atoms with Gasteiger partial charge in [-0.05, 0) is 86.5 Å². The van der Waals surface area contributed by atoms with Crippen molar-refractivity contribution in [1.82, 2.24) is 4.98 Å². The smallest absolute Gasteiger partial charge is 0.135 e. The van der Waals surface area contributed by atoms with Crippen LogP contribution >= 0.6 is 0 Å². The van der Waals surface area contributed by atoms with Crippen LogP contribution in [0.2, 0.25) is 13.1 Å². The van der Waals surface area contributed by atoms with Gasteiger partial charge in [0, 0.05) is 72.6 Å². The quantitative estimate of drug-likeness (QED) is 0.106. The summed E-state index contributed by atoms with van der Waals surface area (Å²) in [4.78, 5) is 11.3. The summed E-state index contributed by atoms with van der Waals surface area (Å²) in [6.07, 6.45) is 2.86. The van der Waals surface area contributed by atoms with Crippen LogP contribution in [0.1, 0.15) is 78.9 Å². The Bertz CT molecular complexity index is 3410. The largest absolute Gasteiger partial charge is 0.509 e. The molecule has 7 heteroatoms. The SMILES string of the molecule is [2H]c1c([2H])c([2H])c(-c2cccc(-c3cc(C(C)(C)C)cc(C(C)(C)C)c3)c2N2[CH-]N(c3[c-]c(Oc4[c-]c5c(cc4)[Si](C)(C)c4ccccc4N5c4cc(CC(C)C)ccn4)ccc3)c3ccccc32)c([2H])c1[2H].[Pt]. The normalized spacial score (nSPS) is 15.0. The third-order valence-electron chi connectivity index (χ3n) is 13.2. The van der Waals surface area contributed by atoms with Gasteiger partial charge in [-0.15, -0.1) is 47.9 Å². The Kier molecular flexibility index (Phi) is 11.3. The molecule has 0 aliphatic carbocycles. The van der Waals surface area contributed by atoms with Crippen molar-refractivity contribution in [1.29, 1.82) is 0 Å². The summed E-state index contributed by atoms with van der Waals surface area (Å²) in [6.45, 7) is 24.5. The van der Waals surface area contributed by atoms with E-state index in [-0.39, 0.29) is 61.6 Å². The van der Waals surface area contributed by atoms with Gasteiger partial charge in [0.25, 0.3) is 0 Å². The van der Waals surface area contributed by atoms with Crippen LogP contribution in [0.15, 0.2) is 164 Å². The van der Waals surface area contributed by atoms with Crippen molar-refractivity contribution >= 4 is 58.4 Å². The number of aromatic nitrogens is 1. The molecule has 0 fully saturated rings. The topological polar surface area (TPSA) is 31.8 Å². The molecule has 5 nitrogen and oxygen atoms in total. The minimum Gasteiger partial charge on any atom is -0.509 e. The first kappa shape index (κ1) is 41.7. The molecule has 8 aromatic rings. The second-order valence-corrected chi connectivity index (χ2v) is 25.4. The molecule has 0 radical (unpaired) electrons. The summed E-state index contributed by atoms with van der Waals surface area (Å²) in [5.41, 5.74) is 10.8. The van der Waals surface area contributed by atoms with Gasteiger partial charge in [-0.3, -0.25) is 0 Å². The fourth-order valence-electron chi connectivity index (χ4n) is 9.59. The van der Waals surface area contributed by atoms with Crippen molar-refractivity contribution in [3.05, 3.63) is 199 Å². The van der Waals surface area contributed by atoms with E-state index in [2.05, 4.69) is 168 Å². The Balaban J connectivity index is 0.00000672. The first-order chi connectivity index (χ1) is 34.6. The van der Waals surface area contributed by atoms with E-state index >= 15 is 0 Å². The first-order valence-electron chi connectivity index (χ1n) is 26.1. The molecular formula is C62H61N4OPtSi-3. The van der Waals surface area contributed by atoms with Crippen LogP contribution in [-0.4, -0.2) is 13.1 Å². The van der Waals surface area contributed by atoms with Crippen molar-refractivity contribution < 1.29 is 32.7 Å². The Labute approximate surface area is 433 Å². The third kappa shape index (κ3) is 9.22. The second kappa shape index (κ2) is 18.6. The van der Waals surface area contributed by atoms with Crippen molar-refractivity contribution in [3.63, 3.8) is 0 Å². The number of nitrogens with zero attached hydrogens (tertiary/aromatic N) is 4. The van der Waals surface area contributed by atoms with Gasteiger partial charge in [0.05, 0.1) is 14.9 Å². The number of benzene rings is 7. The molecule has 0 N–H and O–H groups in total. The molecule has 0 bridgehead atoms. The molecule has 0 atom stereocenters. The van der Waals surface area contributed by atoms with E-state index in [0.717, 1.165) is 46.1 Å². The number of hydrogen-bond acceptors (Lipinski definition) is 5. The van der Waals surface area contributed by atoms with Gasteiger partial charge in [-0.2, -0.15) is 12.1 Å². The van der Waals surface area contributed by atoms with Crippen LogP contribution in [0.25, 0.3) is 22.3 Å². The first-order valence-corrected chi connectivity index (χ1v) is 26.6. The van der Waals surface area contributed by atoms with E-state index in [0.29, 0.717) is 34.4 Å². The molecule has 2 aliphatic rings. The Morgan fingerprint density at radius 1 is 0.652 bits per heavy atom. The molecule has 0 saturated carbocycles. The predicted molar refractivity (Wildman–Crippen MR) is 288 cm³/mol. The van der Waals surface area contributed by atoms with E-state index in [1.165, 1.54) is 27.1 Å². The van der Waals surface area contributed by atoms with Crippen LogP contribution < -0.4 is 29.8 Å². The standard InChI is InChI=1S/C62H61N4OSi.Pt/c1-42(2)34-43-32-33-63-59(35-43)66-55-28-16-17-29-57(55)68(9,10)58-31-30-50(40-56(58)66)67-49-23-18-22-48(39-49)64-41-65(54-27-15-14-26-53(54)64)60-51(44-20-12-11-13-21-44)24-19-25-52(60)45-36-46(61(3,4)5)38-47(37-45)62(6,7)8;/h11-33,35-38,41-42H,34H2,1-10H3;/q-3;/i11D,12D,13D,20D,21D;. The Morgan fingerprint density at radius 3 is 1.96 bits per heavy atom. The maximum absolute atomic E-state index is 9.23. The fraction of sp³-hybridized carbons (Fsp3) is 0.226. The average Bonchev–Trinajstić information content (AvgIpc) is 3.74. The number of fused-ring (bicyclic) bond motifs is 3. The minimum atomic E-state index is -2.17. The fourth-order valence-corrected chi connectivity index (χ4v) is 12.5. The maximum Gasteiger partial charge on any atom is 0.135 e. The monoisotopic (exact) mass is 1110 g/mol. The number of rotatable bonds is 9. The van der Waals surface area contributed by atoms with Crippen molar-refractivity contribution in [2.75, 3.05) is 14.7 Å². The van der Waals surface area contributed by atoms with Gasteiger partial charge in [-0.25, -0.2) is 4.98 Å². The number of ether oxygens (including phenoxy) is 1. The number of anilines is 7. The molecule has 0 amide bonds. The molecule has 0 saturated heterocycles. The number of para-hydroxylation sites is 4. The molecule has 0 unspecified atom stereocenters. The van der Waals surface area contributed by atoms with E-state index in [1.807, 2.05) is 67.5 Å². The van der Waals surface area contributed by atoms with Gasteiger partial charge in [0.2, 0.25) is 0 Å². The van der Waals surface area contributed by atoms with E-state index in [1.54, 1.807) is 0 Å².